The topological polar surface area (TPSA) is 16.4 Å². The predicted molar refractivity (Wildman–Crippen MR) is 194 cm³/mol. The van der Waals surface area contributed by atoms with E-state index in [1.54, 1.807) is 0 Å². The summed E-state index contributed by atoms with van der Waals surface area (Å²) in [6.45, 7) is 0. The molecule has 0 aliphatic heterocycles. The number of anilines is 3. The van der Waals surface area contributed by atoms with Crippen LogP contribution in [0.2, 0.25) is 0 Å². The maximum Gasteiger partial charge on any atom is 0.143 e. The van der Waals surface area contributed by atoms with Crippen molar-refractivity contribution in [1.29, 1.82) is 0 Å². The molecule has 0 saturated heterocycles. The van der Waals surface area contributed by atoms with Crippen LogP contribution in [0.5, 0.6) is 0 Å². The molecule has 1 aromatic heterocycles. The van der Waals surface area contributed by atoms with Gasteiger partial charge in [-0.1, -0.05) is 127 Å². The second-order valence-corrected chi connectivity index (χ2v) is 11.8. The lowest BCUT2D eigenvalue weighted by atomic mass is 9.96. The fourth-order valence-electron chi connectivity index (χ4n) is 6.80. The lowest BCUT2D eigenvalue weighted by Gasteiger charge is -2.26. The minimum Gasteiger partial charge on any atom is -0.455 e. The van der Waals surface area contributed by atoms with Gasteiger partial charge in [-0.2, -0.15) is 0 Å². The van der Waals surface area contributed by atoms with E-state index in [4.69, 9.17) is 4.42 Å². The molecular weight excluding hydrogens is 558 g/mol. The average molecular weight is 588 g/mol. The number of para-hydroxylation sites is 1. The minimum atomic E-state index is 0.921. The van der Waals surface area contributed by atoms with Crippen molar-refractivity contribution in [2.24, 2.45) is 0 Å². The molecule has 2 heteroatoms. The molecule has 0 radical (unpaired) electrons. The van der Waals surface area contributed by atoms with E-state index < -0.39 is 0 Å². The molecule has 1 heterocycles. The van der Waals surface area contributed by atoms with Gasteiger partial charge in [-0.15, -0.1) is 0 Å². The summed E-state index contributed by atoms with van der Waals surface area (Å²) in [6, 6.07) is 62.8. The molecule has 0 amide bonds. The summed E-state index contributed by atoms with van der Waals surface area (Å²) in [5, 5.41) is 7.07. The van der Waals surface area contributed by atoms with E-state index in [1.807, 2.05) is 12.1 Å². The van der Waals surface area contributed by atoms with E-state index in [1.165, 1.54) is 38.4 Å². The Balaban J connectivity index is 1.17. The highest BCUT2D eigenvalue weighted by Gasteiger charge is 2.16. The summed E-state index contributed by atoms with van der Waals surface area (Å²) in [7, 11) is 0. The Bertz CT molecular complexity index is 2530. The molecular formula is C44H29NO. The van der Waals surface area contributed by atoms with Crippen LogP contribution in [-0.2, 0) is 0 Å². The van der Waals surface area contributed by atoms with Gasteiger partial charge >= 0.3 is 0 Å². The SMILES string of the molecule is c1ccc(-c2cccc(N(c3ccc(-c4cccc5c4ccc4c6ccccc6oc54)cc3)c3ccc4ccccc4c3)c2)cc1. The van der Waals surface area contributed by atoms with Crippen molar-refractivity contribution in [3.8, 4) is 22.3 Å². The van der Waals surface area contributed by atoms with Crippen molar-refractivity contribution in [3.63, 3.8) is 0 Å². The van der Waals surface area contributed by atoms with Crippen LogP contribution in [0.1, 0.15) is 0 Å². The summed E-state index contributed by atoms with van der Waals surface area (Å²) >= 11 is 0. The van der Waals surface area contributed by atoms with Crippen LogP contribution in [0, 0.1) is 0 Å². The van der Waals surface area contributed by atoms with Gasteiger partial charge in [0.15, 0.2) is 0 Å². The Morgan fingerprint density at radius 1 is 0.348 bits per heavy atom. The maximum atomic E-state index is 6.37. The molecule has 0 spiro atoms. The van der Waals surface area contributed by atoms with Gasteiger partial charge in [0.2, 0.25) is 0 Å². The van der Waals surface area contributed by atoms with Crippen LogP contribution in [0.15, 0.2) is 180 Å². The highest BCUT2D eigenvalue weighted by atomic mass is 16.3. The molecule has 0 N–H and O–H groups in total. The van der Waals surface area contributed by atoms with Gasteiger partial charge in [0.25, 0.3) is 0 Å². The zero-order chi connectivity index (χ0) is 30.5. The Morgan fingerprint density at radius 3 is 1.89 bits per heavy atom. The third kappa shape index (κ3) is 4.43. The Hall–Kier alpha value is -6.12. The fourth-order valence-corrected chi connectivity index (χ4v) is 6.80. The van der Waals surface area contributed by atoms with Crippen LogP contribution in [0.25, 0.3) is 65.7 Å². The number of rotatable bonds is 5. The van der Waals surface area contributed by atoms with Crippen molar-refractivity contribution in [2.45, 2.75) is 0 Å². The Labute approximate surface area is 267 Å². The Kier molecular flexibility index (Phi) is 6.17. The van der Waals surface area contributed by atoms with Crippen molar-refractivity contribution >= 4 is 60.5 Å². The van der Waals surface area contributed by atoms with Gasteiger partial charge in [0.05, 0.1) is 0 Å². The van der Waals surface area contributed by atoms with Gasteiger partial charge in [-0.05, 0) is 86.9 Å². The van der Waals surface area contributed by atoms with Crippen LogP contribution < -0.4 is 4.90 Å². The summed E-state index contributed by atoms with van der Waals surface area (Å²) in [5.74, 6) is 0. The monoisotopic (exact) mass is 587 g/mol. The molecule has 9 aromatic rings. The number of nitrogens with zero attached hydrogens (tertiary/aromatic N) is 1. The van der Waals surface area contributed by atoms with E-state index in [0.717, 1.165) is 44.4 Å². The molecule has 9 rings (SSSR count). The van der Waals surface area contributed by atoms with Gasteiger partial charge in [-0.25, -0.2) is 0 Å². The van der Waals surface area contributed by atoms with E-state index in [-0.39, 0.29) is 0 Å². The van der Waals surface area contributed by atoms with Gasteiger partial charge in [0, 0.05) is 33.2 Å². The largest absolute Gasteiger partial charge is 0.455 e. The normalized spacial score (nSPS) is 11.5. The fraction of sp³-hybridized carbons (Fsp3) is 0. The van der Waals surface area contributed by atoms with Crippen molar-refractivity contribution in [1.82, 2.24) is 0 Å². The highest BCUT2D eigenvalue weighted by molar-refractivity contribution is 6.17. The van der Waals surface area contributed by atoms with Gasteiger partial charge in [-0.3, -0.25) is 0 Å². The highest BCUT2D eigenvalue weighted by Crippen LogP contribution is 2.41. The smallest absolute Gasteiger partial charge is 0.143 e. The zero-order valence-electron chi connectivity index (χ0n) is 25.1. The second kappa shape index (κ2) is 10.8. The number of hydrogen-bond donors (Lipinski definition) is 0. The molecule has 0 saturated carbocycles. The standard InChI is InChI=1S/C44H29NO/c1-2-10-30(11-3-1)34-14-8-15-36(28-34)45(37-25-20-31-12-4-5-13-33(31)29-37)35-23-21-32(22-24-35)38-17-9-18-41-39(38)26-27-42-40-16-6-7-19-43(40)46-44(41)42/h1-29H. The zero-order valence-corrected chi connectivity index (χ0v) is 25.1. The molecule has 8 aromatic carbocycles. The molecule has 0 atom stereocenters. The first-order valence-electron chi connectivity index (χ1n) is 15.7. The maximum absolute atomic E-state index is 6.37. The van der Waals surface area contributed by atoms with Crippen LogP contribution in [0.3, 0.4) is 0 Å². The quantitative estimate of drug-likeness (QED) is 0.199. The van der Waals surface area contributed by atoms with Crippen LogP contribution >= 0.6 is 0 Å². The number of fused-ring (bicyclic) bond motifs is 6. The Morgan fingerprint density at radius 2 is 1.00 bits per heavy atom. The molecule has 2 nitrogen and oxygen atoms in total. The first kappa shape index (κ1) is 26.3. The van der Waals surface area contributed by atoms with Crippen molar-refractivity contribution in [3.05, 3.63) is 176 Å². The summed E-state index contributed by atoms with van der Waals surface area (Å²) in [6.07, 6.45) is 0. The second-order valence-electron chi connectivity index (χ2n) is 11.8. The van der Waals surface area contributed by atoms with Crippen LogP contribution in [-0.4, -0.2) is 0 Å². The molecule has 0 bridgehead atoms. The molecule has 46 heavy (non-hydrogen) atoms. The van der Waals surface area contributed by atoms with Crippen LogP contribution in [0.4, 0.5) is 17.1 Å². The van der Waals surface area contributed by atoms with E-state index in [2.05, 4.69) is 169 Å². The predicted octanol–water partition coefficient (Wildman–Crippen LogP) is 12.7. The van der Waals surface area contributed by atoms with Crippen molar-refractivity contribution < 1.29 is 4.42 Å². The van der Waals surface area contributed by atoms with E-state index in [0.29, 0.717) is 0 Å². The lowest BCUT2D eigenvalue weighted by Crippen LogP contribution is -2.10. The average Bonchev–Trinajstić information content (AvgIpc) is 3.52. The first-order valence-corrected chi connectivity index (χ1v) is 15.7. The number of furan rings is 1. The van der Waals surface area contributed by atoms with Crippen molar-refractivity contribution in [2.75, 3.05) is 4.90 Å². The third-order valence-corrected chi connectivity index (χ3v) is 9.04. The minimum absolute atomic E-state index is 0.921. The van der Waals surface area contributed by atoms with E-state index in [9.17, 15) is 0 Å². The lowest BCUT2D eigenvalue weighted by molar-refractivity contribution is 0.672. The molecule has 0 fully saturated rings. The first-order chi connectivity index (χ1) is 22.8. The third-order valence-electron chi connectivity index (χ3n) is 9.04. The summed E-state index contributed by atoms with van der Waals surface area (Å²) in [5.41, 5.74) is 9.94. The summed E-state index contributed by atoms with van der Waals surface area (Å²) in [4.78, 5) is 2.35. The molecule has 0 aliphatic rings. The van der Waals surface area contributed by atoms with Gasteiger partial charge < -0.3 is 9.32 Å². The van der Waals surface area contributed by atoms with Gasteiger partial charge in [0.1, 0.15) is 11.2 Å². The number of benzene rings is 8. The molecule has 0 unspecified atom stereocenters. The van der Waals surface area contributed by atoms with E-state index >= 15 is 0 Å². The number of hydrogen-bond acceptors (Lipinski definition) is 2. The summed E-state index contributed by atoms with van der Waals surface area (Å²) < 4.78 is 6.37. The molecule has 0 aliphatic carbocycles. The molecule has 216 valence electrons.